The fourth-order valence-electron chi connectivity index (χ4n) is 0.824. The van der Waals surface area contributed by atoms with Crippen molar-refractivity contribution in [1.29, 1.82) is 0 Å². The van der Waals surface area contributed by atoms with Gasteiger partial charge in [-0.15, -0.1) is 11.6 Å². The van der Waals surface area contributed by atoms with E-state index in [2.05, 4.69) is 0 Å². The van der Waals surface area contributed by atoms with Gasteiger partial charge in [0.1, 0.15) is 0 Å². The lowest BCUT2D eigenvalue weighted by Gasteiger charge is -2.14. The molecule has 0 radical (unpaired) electrons. The van der Waals surface area contributed by atoms with Gasteiger partial charge in [-0.05, 0) is 11.6 Å². The molecule has 56 valence electrons. The highest BCUT2D eigenvalue weighted by atomic mass is 35.5. The van der Waals surface area contributed by atoms with Crippen molar-refractivity contribution >= 4 is 23.2 Å². The van der Waals surface area contributed by atoms with E-state index >= 15 is 0 Å². The number of halogens is 2. The van der Waals surface area contributed by atoms with Crippen LogP contribution in [0.3, 0.4) is 0 Å². The van der Waals surface area contributed by atoms with Gasteiger partial charge in [-0.1, -0.05) is 17.7 Å². The average Bonchev–Trinajstić information content (AvgIpc) is 1.88. The van der Waals surface area contributed by atoms with Gasteiger partial charge < -0.3 is 5.11 Å². The van der Waals surface area contributed by atoms with Crippen molar-refractivity contribution in [2.24, 2.45) is 0 Å². The number of hydrogen-bond donors (Lipinski definition) is 1. The van der Waals surface area contributed by atoms with Crippen molar-refractivity contribution in [2.45, 2.75) is 11.8 Å². The van der Waals surface area contributed by atoms with E-state index in [-0.39, 0.29) is 12.0 Å². The minimum Gasteiger partial charge on any atom is -0.392 e. The van der Waals surface area contributed by atoms with E-state index in [1.54, 1.807) is 12.2 Å². The Morgan fingerprint density at radius 3 is 2.80 bits per heavy atom. The first kappa shape index (κ1) is 8.12. The third kappa shape index (κ3) is 1.75. The zero-order valence-electron chi connectivity index (χ0n) is 5.35. The number of alkyl halides is 1. The topological polar surface area (TPSA) is 20.2 Å². The molecule has 0 aromatic heterocycles. The summed E-state index contributed by atoms with van der Waals surface area (Å²) in [7, 11) is 0. The van der Waals surface area contributed by atoms with Gasteiger partial charge in [-0.2, -0.15) is 0 Å². The van der Waals surface area contributed by atoms with E-state index in [9.17, 15) is 0 Å². The van der Waals surface area contributed by atoms with Gasteiger partial charge in [0.05, 0.1) is 12.0 Å². The molecule has 0 heterocycles. The molecule has 1 N–H and O–H groups in total. The summed E-state index contributed by atoms with van der Waals surface area (Å²) < 4.78 is 0. The Bertz CT molecular complexity index is 184. The van der Waals surface area contributed by atoms with E-state index in [1.807, 2.05) is 0 Å². The van der Waals surface area contributed by atoms with Crippen LogP contribution in [0.5, 0.6) is 0 Å². The third-order valence-corrected chi connectivity index (χ3v) is 2.15. The highest BCUT2D eigenvalue weighted by Gasteiger charge is 2.14. The summed E-state index contributed by atoms with van der Waals surface area (Å²) in [6.07, 6.45) is 4.17. The number of allylic oxidation sites excluding steroid dienone is 3. The quantitative estimate of drug-likeness (QED) is 0.610. The van der Waals surface area contributed by atoms with E-state index in [1.165, 1.54) is 0 Å². The van der Waals surface area contributed by atoms with Gasteiger partial charge in [0.25, 0.3) is 0 Å². The molecule has 0 amide bonds. The van der Waals surface area contributed by atoms with Crippen LogP contribution in [0, 0.1) is 0 Å². The molecule has 1 nitrogen and oxygen atoms in total. The van der Waals surface area contributed by atoms with Crippen LogP contribution in [-0.4, -0.2) is 17.1 Å². The lowest BCUT2D eigenvalue weighted by atomic mass is 10.1. The van der Waals surface area contributed by atoms with Gasteiger partial charge in [0, 0.05) is 11.5 Å². The second-order valence-electron chi connectivity index (χ2n) is 2.18. The molecular weight excluding hydrogens is 171 g/mol. The fourth-order valence-corrected chi connectivity index (χ4v) is 1.43. The molecule has 1 aliphatic carbocycles. The summed E-state index contributed by atoms with van der Waals surface area (Å²) in [5.74, 6) is 0. The summed E-state index contributed by atoms with van der Waals surface area (Å²) in [5, 5.41) is 9.35. The normalized spacial score (nSPS) is 25.7. The van der Waals surface area contributed by atoms with Crippen LogP contribution in [0.4, 0.5) is 0 Å². The highest BCUT2D eigenvalue weighted by Crippen LogP contribution is 2.25. The van der Waals surface area contributed by atoms with Crippen molar-refractivity contribution in [1.82, 2.24) is 0 Å². The molecule has 0 aromatic carbocycles. The Hall–Kier alpha value is 0.0200. The maximum absolute atomic E-state index is 8.72. The molecule has 0 aliphatic heterocycles. The number of aliphatic hydroxyl groups excluding tert-OH is 1. The Labute approximate surface area is 69.9 Å². The highest BCUT2D eigenvalue weighted by molar-refractivity contribution is 6.31. The van der Waals surface area contributed by atoms with Gasteiger partial charge >= 0.3 is 0 Å². The van der Waals surface area contributed by atoms with Gasteiger partial charge in [-0.3, -0.25) is 0 Å². The maximum Gasteiger partial charge on any atom is 0.0659 e. The smallest absolute Gasteiger partial charge is 0.0659 e. The fraction of sp³-hybridized carbons (Fsp3) is 0.429. The predicted octanol–water partition coefficient (Wildman–Crippen LogP) is 2.04. The monoisotopic (exact) mass is 178 g/mol. The minimum absolute atomic E-state index is 0.0227. The molecule has 1 aliphatic rings. The minimum atomic E-state index is -0.123. The zero-order valence-corrected chi connectivity index (χ0v) is 6.86. The molecule has 1 atom stereocenters. The molecule has 0 spiro atoms. The van der Waals surface area contributed by atoms with Crippen molar-refractivity contribution in [3.63, 3.8) is 0 Å². The van der Waals surface area contributed by atoms with Crippen molar-refractivity contribution in [3.05, 3.63) is 22.8 Å². The summed E-state index contributed by atoms with van der Waals surface area (Å²) >= 11 is 11.5. The molecule has 1 unspecified atom stereocenters. The van der Waals surface area contributed by atoms with Crippen molar-refractivity contribution in [2.75, 3.05) is 6.61 Å². The first-order valence-electron chi connectivity index (χ1n) is 3.04. The standard InChI is InChI=1S/C7H8Cl2O/c8-6-2-1-5(4-10)7(9)3-6/h1-2,7,10H,3-4H2. The molecule has 3 heteroatoms. The van der Waals surface area contributed by atoms with Crippen LogP contribution in [0.2, 0.25) is 0 Å². The summed E-state index contributed by atoms with van der Waals surface area (Å²) in [4.78, 5) is 0. The second kappa shape index (κ2) is 3.42. The van der Waals surface area contributed by atoms with E-state index in [0.29, 0.717) is 6.42 Å². The van der Waals surface area contributed by atoms with Crippen molar-refractivity contribution in [3.8, 4) is 0 Å². The molecule has 0 bridgehead atoms. The van der Waals surface area contributed by atoms with Crippen LogP contribution < -0.4 is 0 Å². The molecule has 0 aromatic rings. The Balaban J connectivity index is 2.71. The maximum atomic E-state index is 8.72. The van der Waals surface area contributed by atoms with E-state index in [0.717, 1.165) is 10.6 Å². The zero-order chi connectivity index (χ0) is 7.56. The van der Waals surface area contributed by atoms with Crippen LogP contribution in [0.1, 0.15) is 6.42 Å². The van der Waals surface area contributed by atoms with Gasteiger partial charge in [0.15, 0.2) is 0 Å². The Kier molecular flexibility index (Phi) is 2.78. The first-order valence-corrected chi connectivity index (χ1v) is 3.85. The van der Waals surface area contributed by atoms with Gasteiger partial charge in [0.2, 0.25) is 0 Å². The first-order chi connectivity index (χ1) is 4.74. The Morgan fingerprint density at radius 1 is 1.60 bits per heavy atom. The van der Waals surface area contributed by atoms with Crippen LogP contribution in [-0.2, 0) is 0 Å². The average molecular weight is 179 g/mol. The van der Waals surface area contributed by atoms with Crippen LogP contribution >= 0.6 is 23.2 Å². The Morgan fingerprint density at radius 2 is 2.30 bits per heavy atom. The molecule has 0 fully saturated rings. The number of aliphatic hydroxyl groups is 1. The van der Waals surface area contributed by atoms with E-state index < -0.39 is 0 Å². The van der Waals surface area contributed by atoms with Crippen LogP contribution in [0.25, 0.3) is 0 Å². The molecule has 0 saturated carbocycles. The SMILES string of the molecule is OCC1=CC=C(Cl)CC1Cl. The lowest BCUT2D eigenvalue weighted by Crippen LogP contribution is -2.09. The van der Waals surface area contributed by atoms with E-state index in [4.69, 9.17) is 28.3 Å². The molecular formula is C7H8Cl2O. The molecule has 0 saturated heterocycles. The van der Waals surface area contributed by atoms with Gasteiger partial charge in [-0.25, -0.2) is 0 Å². The summed E-state index contributed by atoms with van der Waals surface area (Å²) in [5.41, 5.74) is 0.839. The predicted molar refractivity (Wildman–Crippen MR) is 43.4 cm³/mol. The van der Waals surface area contributed by atoms with Crippen LogP contribution in [0.15, 0.2) is 22.8 Å². The molecule has 10 heavy (non-hydrogen) atoms. The third-order valence-electron chi connectivity index (χ3n) is 1.44. The second-order valence-corrected chi connectivity index (χ2v) is 3.20. The molecule has 1 rings (SSSR count). The lowest BCUT2D eigenvalue weighted by molar-refractivity contribution is 0.327. The van der Waals surface area contributed by atoms with Crippen molar-refractivity contribution < 1.29 is 5.11 Å². The number of hydrogen-bond acceptors (Lipinski definition) is 1. The number of rotatable bonds is 1. The summed E-state index contributed by atoms with van der Waals surface area (Å²) in [6, 6.07) is 0. The largest absolute Gasteiger partial charge is 0.392 e. The summed E-state index contributed by atoms with van der Waals surface area (Å²) in [6.45, 7) is 0.0227.